The van der Waals surface area contributed by atoms with Gasteiger partial charge in [0.05, 0.1) is 25.6 Å². The van der Waals surface area contributed by atoms with Gasteiger partial charge in [-0.1, -0.05) is 0 Å². The first-order valence-electron chi connectivity index (χ1n) is 6.11. The van der Waals surface area contributed by atoms with E-state index in [1.54, 1.807) is 7.05 Å². The maximum absolute atomic E-state index is 11.7. The highest BCUT2D eigenvalue weighted by molar-refractivity contribution is 7.90. The van der Waals surface area contributed by atoms with E-state index >= 15 is 0 Å². The molecule has 0 amide bonds. The van der Waals surface area contributed by atoms with Crippen LogP contribution in [0.15, 0.2) is 0 Å². The molecular formula is C10H24N2O6S2. The number of likely N-dealkylation sites (N-methyl/N-ethyl adjacent to an activating group) is 2. The molecule has 1 N–H and O–H groups in total. The third kappa shape index (κ3) is 10.5. The molecule has 0 aliphatic rings. The Balaban J connectivity index is 3.86. The molecule has 0 aromatic heterocycles. The van der Waals surface area contributed by atoms with E-state index in [1.807, 2.05) is 0 Å². The van der Waals surface area contributed by atoms with Crippen LogP contribution in [0.1, 0.15) is 0 Å². The summed E-state index contributed by atoms with van der Waals surface area (Å²) in [6, 6.07) is 0. The molecule has 0 aromatic rings. The van der Waals surface area contributed by atoms with Crippen LogP contribution in [0.3, 0.4) is 0 Å². The van der Waals surface area contributed by atoms with E-state index < -0.39 is 19.9 Å². The Hall–Kier alpha value is -0.260. The van der Waals surface area contributed by atoms with Crippen LogP contribution in [0, 0.1) is 0 Å². The zero-order valence-corrected chi connectivity index (χ0v) is 13.8. The van der Waals surface area contributed by atoms with Gasteiger partial charge in [0.2, 0.25) is 10.0 Å². The normalized spacial score (nSPS) is 13.0. The Morgan fingerprint density at radius 3 is 2.25 bits per heavy atom. The van der Waals surface area contributed by atoms with Gasteiger partial charge in [-0.05, 0) is 7.05 Å². The van der Waals surface area contributed by atoms with Crippen molar-refractivity contribution in [3.63, 3.8) is 0 Å². The summed E-state index contributed by atoms with van der Waals surface area (Å²) in [5.74, 6) is -0.453. The van der Waals surface area contributed by atoms with Crippen LogP contribution >= 0.6 is 0 Å². The second kappa shape index (κ2) is 9.64. The summed E-state index contributed by atoms with van der Waals surface area (Å²) in [5, 5.41) is 2.84. The maximum Gasteiger partial charge on any atom is 0.238 e. The molecule has 0 rings (SSSR count). The Kier molecular flexibility index (Phi) is 9.51. The van der Waals surface area contributed by atoms with E-state index in [0.29, 0.717) is 13.2 Å². The van der Waals surface area contributed by atoms with E-state index in [1.165, 1.54) is 7.05 Å². The monoisotopic (exact) mass is 332 g/mol. The standard InChI is InChI=1S/C10H24N2O6S2/c1-11-4-6-18-10-20(15,16)12(2)5-7-17-8-9-19(3,13)14/h11H,4-10H2,1-3H3. The van der Waals surface area contributed by atoms with Gasteiger partial charge in [-0.3, -0.25) is 0 Å². The Bertz CT molecular complexity index is 448. The fourth-order valence-electron chi connectivity index (χ4n) is 1.07. The second-order valence-corrected chi connectivity index (χ2v) is 8.59. The first kappa shape index (κ1) is 19.7. The highest BCUT2D eigenvalue weighted by Gasteiger charge is 2.17. The predicted molar refractivity (Wildman–Crippen MR) is 76.8 cm³/mol. The lowest BCUT2D eigenvalue weighted by Crippen LogP contribution is -2.33. The molecule has 10 heteroatoms. The van der Waals surface area contributed by atoms with E-state index in [0.717, 1.165) is 10.6 Å². The van der Waals surface area contributed by atoms with Gasteiger partial charge in [0, 0.05) is 26.4 Å². The minimum atomic E-state index is -3.47. The van der Waals surface area contributed by atoms with E-state index in [9.17, 15) is 16.8 Å². The van der Waals surface area contributed by atoms with Crippen molar-refractivity contribution >= 4 is 19.9 Å². The van der Waals surface area contributed by atoms with Crippen molar-refractivity contribution in [3.05, 3.63) is 0 Å². The van der Waals surface area contributed by atoms with Gasteiger partial charge in [0.1, 0.15) is 9.84 Å². The van der Waals surface area contributed by atoms with Crippen LogP contribution in [0.2, 0.25) is 0 Å². The smallest absolute Gasteiger partial charge is 0.238 e. The molecule has 0 atom stereocenters. The molecule has 8 nitrogen and oxygen atoms in total. The van der Waals surface area contributed by atoms with Gasteiger partial charge >= 0.3 is 0 Å². The van der Waals surface area contributed by atoms with E-state index in [-0.39, 0.29) is 31.5 Å². The SMILES string of the molecule is CNCCOCS(=O)(=O)N(C)CCOCCS(C)(=O)=O. The molecule has 0 aromatic carbocycles. The van der Waals surface area contributed by atoms with Gasteiger partial charge in [0.15, 0.2) is 5.94 Å². The van der Waals surface area contributed by atoms with Gasteiger partial charge < -0.3 is 14.8 Å². The molecule has 0 aliphatic heterocycles. The van der Waals surface area contributed by atoms with Crippen molar-refractivity contribution in [2.75, 3.05) is 65.0 Å². The number of nitrogens with zero attached hydrogens (tertiary/aromatic N) is 1. The first-order chi connectivity index (χ1) is 9.19. The van der Waals surface area contributed by atoms with Crippen molar-refractivity contribution in [1.82, 2.24) is 9.62 Å². The highest BCUT2D eigenvalue weighted by Crippen LogP contribution is 1.98. The van der Waals surface area contributed by atoms with Crippen molar-refractivity contribution in [2.45, 2.75) is 0 Å². The number of sulfone groups is 1. The first-order valence-corrected chi connectivity index (χ1v) is 9.78. The van der Waals surface area contributed by atoms with Crippen molar-refractivity contribution < 1.29 is 26.3 Å². The Morgan fingerprint density at radius 2 is 1.70 bits per heavy atom. The number of sulfonamides is 1. The minimum Gasteiger partial charge on any atom is -0.379 e. The van der Waals surface area contributed by atoms with Gasteiger partial charge in [-0.25, -0.2) is 21.1 Å². The molecular weight excluding hydrogens is 308 g/mol. The second-order valence-electron chi connectivity index (χ2n) is 4.31. The maximum atomic E-state index is 11.7. The van der Waals surface area contributed by atoms with E-state index in [2.05, 4.69) is 5.32 Å². The summed E-state index contributed by atoms with van der Waals surface area (Å²) in [5.41, 5.74) is 0. The summed E-state index contributed by atoms with van der Waals surface area (Å²) in [4.78, 5) is 0. The largest absolute Gasteiger partial charge is 0.379 e. The summed E-state index contributed by atoms with van der Waals surface area (Å²) in [7, 11) is -3.35. The quantitative estimate of drug-likeness (QED) is 0.434. The van der Waals surface area contributed by atoms with Crippen molar-refractivity contribution in [1.29, 1.82) is 0 Å². The summed E-state index contributed by atoms with van der Waals surface area (Å²) in [6.45, 7) is 1.25. The number of hydrogen-bond donors (Lipinski definition) is 1. The molecule has 0 radical (unpaired) electrons. The summed E-state index contributed by atoms with van der Waals surface area (Å²) in [6.07, 6.45) is 1.12. The zero-order valence-electron chi connectivity index (χ0n) is 12.2. The lowest BCUT2D eigenvalue weighted by molar-refractivity contribution is 0.137. The lowest BCUT2D eigenvalue weighted by Gasteiger charge is -2.17. The van der Waals surface area contributed by atoms with Gasteiger partial charge in [0.25, 0.3) is 0 Å². The average Bonchev–Trinajstić information content (AvgIpc) is 2.32. The van der Waals surface area contributed by atoms with Crippen LogP contribution in [-0.4, -0.2) is 86.1 Å². The molecule has 122 valence electrons. The van der Waals surface area contributed by atoms with Gasteiger partial charge in [-0.2, -0.15) is 0 Å². The third-order valence-corrected chi connectivity index (χ3v) is 4.86. The molecule has 20 heavy (non-hydrogen) atoms. The van der Waals surface area contributed by atoms with Crippen molar-refractivity contribution in [3.8, 4) is 0 Å². The van der Waals surface area contributed by atoms with Crippen LogP contribution in [-0.2, 0) is 29.3 Å². The zero-order chi connectivity index (χ0) is 15.6. The molecule has 0 bridgehead atoms. The number of hydrogen-bond acceptors (Lipinski definition) is 7. The van der Waals surface area contributed by atoms with E-state index in [4.69, 9.17) is 9.47 Å². The van der Waals surface area contributed by atoms with Crippen LogP contribution in [0.4, 0.5) is 0 Å². The Labute approximate surface area is 121 Å². The number of ether oxygens (including phenoxy) is 2. The van der Waals surface area contributed by atoms with Gasteiger partial charge in [-0.15, -0.1) is 0 Å². The molecule has 0 unspecified atom stereocenters. The fraction of sp³-hybridized carbons (Fsp3) is 1.00. The third-order valence-electron chi connectivity index (χ3n) is 2.35. The van der Waals surface area contributed by atoms with Crippen molar-refractivity contribution in [2.24, 2.45) is 0 Å². The molecule has 0 saturated heterocycles. The average molecular weight is 332 g/mol. The number of nitrogens with one attached hydrogen (secondary N) is 1. The summed E-state index contributed by atoms with van der Waals surface area (Å²) < 4.78 is 56.4. The minimum absolute atomic E-state index is 0.0609. The predicted octanol–water partition coefficient (Wildman–Crippen LogP) is -1.50. The molecule has 0 heterocycles. The molecule has 0 aliphatic carbocycles. The molecule has 0 spiro atoms. The Morgan fingerprint density at radius 1 is 1.05 bits per heavy atom. The molecule has 0 fully saturated rings. The number of rotatable bonds is 12. The fourth-order valence-corrected chi connectivity index (χ4v) is 2.35. The van der Waals surface area contributed by atoms with Crippen LogP contribution in [0.5, 0.6) is 0 Å². The topological polar surface area (TPSA) is 102 Å². The summed E-state index contributed by atoms with van der Waals surface area (Å²) >= 11 is 0. The highest BCUT2D eigenvalue weighted by atomic mass is 32.2. The lowest BCUT2D eigenvalue weighted by atomic mass is 10.7. The van der Waals surface area contributed by atoms with Crippen LogP contribution in [0.25, 0.3) is 0 Å². The molecule has 0 saturated carbocycles. The van der Waals surface area contributed by atoms with Crippen LogP contribution < -0.4 is 5.32 Å².